The first-order chi connectivity index (χ1) is 10.2. The Morgan fingerprint density at radius 1 is 1.27 bits per heavy atom. The number of nitrogens with zero attached hydrogens (tertiary/aromatic N) is 1. The van der Waals surface area contributed by atoms with Crippen LogP contribution in [-0.4, -0.2) is 32.7 Å². The molecule has 1 aromatic carbocycles. The minimum Gasteiger partial charge on any atom is -0.346 e. The molecule has 0 bridgehead atoms. The van der Waals surface area contributed by atoms with Crippen molar-refractivity contribution in [3.05, 3.63) is 41.5 Å². The predicted octanol–water partition coefficient (Wildman–Crippen LogP) is 2.47. The number of allylic oxidation sites excluding steroid dienone is 1. The summed E-state index contributed by atoms with van der Waals surface area (Å²) in [6.45, 7) is 5.62. The molecule has 0 aliphatic rings. The molecular formula is C16H24N2O3S. The van der Waals surface area contributed by atoms with Gasteiger partial charge in [-0.3, -0.25) is 4.79 Å². The molecule has 0 saturated carbocycles. The number of sulfonamides is 1. The zero-order valence-electron chi connectivity index (χ0n) is 13.8. The van der Waals surface area contributed by atoms with E-state index in [2.05, 4.69) is 5.32 Å². The molecule has 1 rings (SSSR count). The van der Waals surface area contributed by atoms with Crippen LogP contribution in [0.4, 0.5) is 0 Å². The standard InChI is InChI=1S/C16H24N2O3S/c1-6-7-12(2)16(19)17-13(3)14-8-10-15(11-9-14)22(20,21)18(4)5/h7-11,13H,6H2,1-5H3,(H,17,19)/b12-7-/t13-/m0/s1. The Balaban J connectivity index is 2.87. The Bertz CT molecular complexity index is 646. The quantitative estimate of drug-likeness (QED) is 0.818. The molecule has 1 aromatic rings. The van der Waals surface area contributed by atoms with Crippen LogP contribution in [0.25, 0.3) is 0 Å². The molecule has 1 atom stereocenters. The van der Waals surface area contributed by atoms with Gasteiger partial charge in [-0.15, -0.1) is 0 Å². The van der Waals surface area contributed by atoms with Gasteiger partial charge in [-0.05, 0) is 38.0 Å². The van der Waals surface area contributed by atoms with Crippen LogP contribution >= 0.6 is 0 Å². The van der Waals surface area contributed by atoms with Crippen molar-refractivity contribution in [2.75, 3.05) is 14.1 Å². The van der Waals surface area contributed by atoms with Gasteiger partial charge in [-0.2, -0.15) is 0 Å². The van der Waals surface area contributed by atoms with Gasteiger partial charge in [0, 0.05) is 19.7 Å². The molecule has 6 heteroatoms. The van der Waals surface area contributed by atoms with Gasteiger partial charge in [-0.25, -0.2) is 12.7 Å². The van der Waals surface area contributed by atoms with Crippen LogP contribution in [-0.2, 0) is 14.8 Å². The first-order valence-corrected chi connectivity index (χ1v) is 8.64. The molecule has 1 amide bonds. The number of rotatable bonds is 6. The van der Waals surface area contributed by atoms with Gasteiger partial charge < -0.3 is 5.32 Å². The summed E-state index contributed by atoms with van der Waals surface area (Å²) in [4.78, 5) is 12.2. The van der Waals surface area contributed by atoms with E-state index in [9.17, 15) is 13.2 Å². The molecule has 22 heavy (non-hydrogen) atoms. The molecule has 1 N–H and O–H groups in total. The highest BCUT2D eigenvalue weighted by Gasteiger charge is 2.17. The predicted molar refractivity (Wildman–Crippen MR) is 87.9 cm³/mol. The fraction of sp³-hybridized carbons (Fsp3) is 0.438. The van der Waals surface area contributed by atoms with Gasteiger partial charge in [0.25, 0.3) is 0 Å². The second-order valence-electron chi connectivity index (χ2n) is 5.35. The highest BCUT2D eigenvalue weighted by atomic mass is 32.2. The number of hydrogen-bond donors (Lipinski definition) is 1. The Labute approximate surface area is 133 Å². The molecule has 5 nitrogen and oxygen atoms in total. The zero-order valence-corrected chi connectivity index (χ0v) is 14.6. The van der Waals surface area contributed by atoms with Gasteiger partial charge >= 0.3 is 0 Å². The van der Waals surface area contributed by atoms with Crippen molar-refractivity contribution in [3.63, 3.8) is 0 Å². The van der Waals surface area contributed by atoms with E-state index < -0.39 is 10.0 Å². The summed E-state index contributed by atoms with van der Waals surface area (Å²) in [5.74, 6) is -0.112. The van der Waals surface area contributed by atoms with Crippen molar-refractivity contribution in [2.24, 2.45) is 0 Å². The number of nitrogens with one attached hydrogen (secondary N) is 1. The van der Waals surface area contributed by atoms with E-state index in [1.54, 1.807) is 31.2 Å². The van der Waals surface area contributed by atoms with E-state index in [1.807, 2.05) is 19.9 Å². The van der Waals surface area contributed by atoms with E-state index in [0.29, 0.717) is 5.57 Å². The summed E-state index contributed by atoms with van der Waals surface area (Å²) < 4.78 is 25.2. The lowest BCUT2D eigenvalue weighted by Crippen LogP contribution is -2.27. The highest BCUT2D eigenvalue weighted by molar-refractivity contribution is 7.89. The first-order valence-electron chi connectivity index (χ1n) is 7.20. The maximum absolute atomic E-state index is 12.0. The van der Waals surface area contributed by atoms with Crippen LogP contribution in [0.3, 0.4) is 0 Å². The number of hydrogen-bond acceptors (Lipinski definition) is 3. The Morgan fingerprint density at radius 2 is 1.82 bits per heavy atom. The van der Waals surface area contributed by atoms with Gasteiger partial charge in [0.1, 0.15) is 0 Å². The average Bonchev–Trinajstić information content (AvgIpc) is 2.47. The second-order valence-corrected chi connectivity index (χ2v) is 7.50. The van der Waals surface area contributed by atoms with E-state index in [0.717, 1.165) is 12.0 Å². The normalized spacial score (nSPS) is 14.0. The Morgan fingerprint density at radius 3 is 2.27 bits per heavy atom. The molecule has 0 fully saturated rings. The molecule has 0 saturated heterocycles. The molecule has 0 spiro atoms. The molecule has 0 unspecified atom stereocenters. The summed E-state index contributed by atoms with van der Waals surface area (Å²) >= 11 is 0. The van der Waals surface area contributed by atoms with Gasteiger partial charge in [0.05, 0.1) is 10.9 Å². The number of benzene rings is 1. The third kappa shape index (κ3) is 4.42. The highest BCUT2D eigenvalue weighted by Crippen LogP contribution is 2.18. The Hall–Kier alpha value is -1.66. The minimum atomic E-state index is -3.43. The van der Waals surface area contributed by atoms with Crippen molar-refractivity contribution in [1.82, 2.24) is 9.62 Å². The van der Waals surface area contributed by atoms with Crippen molar-refractivity contribution >= 4 is 15.9 Å². The van der Waals surface area contributed by atoms with E-state index in [4.69, 9.17) is 0 Å². The molecule has 0 aliphatic carbocycles. The third-order valence-electron chi connectivity index (χ3n) is 3.37. The molecular weight excluding hydrogens is 300 g/mol. The van der Waals surface area contributed by atoms with Crippen LogP contribution in [0, 0.1) is 0 Å². The van der Waals surface area contributed by atoms with Crippen molar-refractivity contribution in [1.29, 1.82) is 0 Å². The fourth-order valence-electron chi connectivity index (χ4n) is 1.93. The number of amides is 1. The molecule has 122 valence electrons. The fourth-order valence-corrected chi connectivity index (χ4v) is 2.83. The van der Waals surface area contributed by atoms with Crippen molar-refractivity contribution < 1.29 is 13.2 Å². The SMILES string of the molecule is CC/C=C(/C)C(=O)N[C@@H](C)c1ccc(S(=O)(=O)N(C)C)cc1. The topological polar surface area (TPSA) is 66.5 Å². The van der Waals surface area contributed by atoms with E-state index in [-0.39, 0.29) is 16.8 Å². The molecule has 0 aromatic heterocycles. The molecule has 0 radical (unpaired) electrons. The van der Waals surface area contributed by atoms with E-state index >= 15 is 0 Å². The maximum atomic E-state index is 12.0. The monoisotopic (exact) mass is 324 g/mol. The Kier molecular flexibility index (Phi) is 6.32. The summed E-state index contributed by atoms with van der Waals surface area (Å²) in [6, 6.07) is 6.37. The maximum Gasteiger partial charge on any atom is 0.247 e. The number of carbonyl (C=O) groups is 1. The van der Waals surface area contributed by atoms with Crippen molar-refractivity contribution in [3.8, 4) is 0 Å². The summed E-state index contributed by atoms with van der Waals surface area (Å²) in [7, 11) is -0.436. The lowest BCUT2D eigenvalue weighted by atomic mass is 10.1. The first kappa shape index (κ1) is 18.4. The van der Waals surface area contributed by atoms with Gasteiger partial charge in [0.2, 0.25) is 15.9 Å². The van der Waals surface area contributed by atoms with Crippen LogP contribution in [0.1, 0.15) is 38.8 Å². The second kappa shape index (κ2) is 7.56. The lowest BCUT2D eigenvalue weighted by molar-refractivity contribution is -0.118. The smallest absolute Gasteiger partial charge is 0.247 e. The molecule has 0 aliphatic heterocycles. The number of carbonyl (C=O) groups excluding carboxylic acids is 1. The van der Waals surface area contributed by atoms with Crippen molar-refractivity contribution in [2.45, 2.75) is 38.1 Å². The third-order valence-corrected chi connectivity index (χ3v) is 5.20. The summed E-state index contributed by atoms with van der Waals surface area (Å²) in [6.07, 6.45) is 2.68. The van der Waals surface area contributed by atoms with Gasteiger partial charge in [0.15, 0.2) is 0 Å². The zero-order chi connectivity index (χ0) is 16.9. The minimum absolute atomic E-state index is 0.112. The van der Waals surface area contributed by atoms with Crippen LogP contribution in [0.2, 0.25) is 0 Å². The summed E-state index contributed by atoms with van der Waals surface area (Å²) in [5, 5.41) is 2.89. The van der Waals surface area contributed by atoms with Crippen LogP contribution in [0.5, 0.6) is 0 Å². The van der Waals surface area contributed by atoms with Crippen LogP contribution < -0.4 is 5.32 Å². The summed E-state index contributed by atoms with van der Waals surface area (Å²) in [5.41, 5.74) is 1.54. The lowest BCUT2D eigenvalue weighted by Gasteiger charge is -2.16. The largest absolute Gasteiger partial charge is 0.346 e. The van der Waals surface area contributed by atoms with Crippen LogP contribution in [0.15, 0.2) is 40.8 Å². The molecule has 0 heterocycles. The van der Waals surface area contributed by atoms with E-state index in [1.165, 1.54) is 18.4 Å². The average molecular weight is 324 g/mol. The van der Waals surface area contributed by atoms with Gasteiger partial charge in [-0.1, -0.05) is 25.1 Å².